The smallest absolute Gasteiger partial charge is 0.257 e. The van der Waals surface area contributed by atoms with Crippen LogP contribution in [0.3, 0.4) is 0 Å². The van der Waals surface area contributed by atoms with E-state index in [9.17, 15) is 10.1 Å². The maximum Gasteiger partial charge on any atom is 0.257 e. The molecule has 0 atom stereocenters. The lowest BCUT2D eigenvalue weighted by molar-refractivity contribution is 0.102. The minimum absolute atomic E-state index is 0.288. The van der Waals surface area contributed by atoms with Gasteiger partial charge in [-0.05, 0) is 30.7 Å². The van der Waals surface area contributed by atoms with Gasteiger partial charge in [0.15, 0.2) is 0 Å². The molecule has 3 rings (SSSR count). The van der Waals surface area contributed by atoms with Crippen LogP contribution in [0.4, 0.5) is 5.00 Å². The van der Waals surface area contributed by atoms with E-state index in [0.29, 0.717) is 21.2 Å². The summed E-state index contributed by atoms with van der Waals surface area (Å²) in [7, 11) is 0. The van der Waals surface area contributed by atoms with Crippen molar-refractivity contribution in [2.75, 3.05) is 11.9 Å². The first-order valence-electron chi connectivity index (χ1n) is 6.52. The minimum atomic E-state index is -0.288. The highest BCUT2D eigenvalue weighted by molar-refractivity contribution is 7.16. The maximum absolute atomic E-state index is 12.3. The summed E-state index contributed by atoms with van der Waals surface area (Å²) in [5, 5.41) is 16.5. The Morgan fingerprint density at radius 2 is 2.24 bits per heavy atom. The van der Waals surface area contributed by atoms with Crippen LogP contribution < -0.4 is 10.6 Å². The number of thiophene rings is 1. The first kappa shape index (κ1) is 14.1. The number of nitrogens with zero attached hydrogens (tertiary/aromatic N) is 1. The Kier molecular flexibility index (Phi) is 3.93. The number of fused-ring (bicyclic) bond motifs is 1. The van der Waals surface area contributed by atoms with E-state index in [1.807, 2.05) is 0 Å². The van der Waals surface area contributed by atoms with Gasteiger partial charge in [-0.2, -0.15) is 5.26 Å². The van der Waals surface area contributed by atoms with Crippen LogP contribution in [0, 0.1) is 11.3 Å². The van der Waals surface area contributed by atoms with Crippen LogP contribution in [0.15, 0.2) is 24.3 Å². The summed E-state index contributed by atoms with van der Waals surface area (Å²) in [5.41, 5.74) is 2.04. The fourth-order valence-corrected chi connectivity index (χ4v) is 3.74. The van der Waals surface area contributed by atoms with E-state index in [0.717, 1.165) is 30.0 Å². The number of halogens is 1. The highest BCUT2D eigenvalue weighted by atomic mass is 35.5. The number of amides is 1. The molecular formula is C15H12ClN3OS. The van der Waals surface area contributed by atoms with Gasteiger partial charge in [-0.1, -0.05) is 23.7 Å². The van der Waals surface area contributed by atoms with Crippen molar-refractivity contribution in [3.05, 3.63) is 50.9 Å². The Morgan fingerprint density at radius 1 is 1.43 bits per heavy atom. The van der Waals surface area contributed by atoms with Crippen molar-refractivity contribution in [3.8, 4) is 6.07 Å². The predicted octanol–water partition coefficient (Wildman–Crippen LogP) is 3.17. The first-order valence-corrected chi connectivity index (χ1v) is 7.71. The number of rotatable bonds is 2. The molecule has 2 heterocycles. The number of hydrogen-bond donors (Lipinski definition) is 2. The van der Waals surface area contributed by atoms with E-state index in [4.69, 9.17) is 11.6 Å². The van der Waals surface area contributed by atoms with Gasteiger partial charge >= 0.3 is 0 Å². The fraction of sp³-hybridized carbons (Fsp3) is 0.200. The van der Waals surface area contributed by atoms with E-state index in [-0.39, 0.29) is 5.91 Å². The van der Waals surface area contributed by atoms with Gasteiger partial charge in [0.1, 0.15) is 11.1 Å². The van der Waals surface area contributed by atoms with Gasteiger partial charge in [0.05, 0.1) is 16.1 Å². The minimum Gasteiger partial charge on any atom is -0.312 e. The number of nitrogens with one attached hydrogen (secondary N) is 2. The summed E-state index contributed by atoms with van der Waals surface area (Å²) in [6, 6.07) is 9.08. The van der Waals surface area contributed by atoms with E-state index in [2.05, 4.69) is 16.7 Å². The van der Waals surface area contributed by atoms with Crippen molar-refractivity contribution < 1.29 is 4.79 Å². The summed E-state index contributed by atoms with van der Waals surface area (Å²) < 4.78 is 0. The first-order chi connectivity index (χ1) is 10.2. The zero-order valence-corrected chi connectivity index (χ0v) is 12.6. The molecule has 0 saturated heterocycles. The Balaban J connectivity index is 1.92. The average Bonchev–Trinajstić information content (AvgIpc) is 2.84. The van der Waals surface area contributed by atoms with Crippen molar-refractivity contribution >= 4 is 33.8 Å². The Bertz CT molecular complexity index is 748. The SMILES string of the molecule is N#Cc1c(NC(=O)c2ccccc2Cl)sc2c1CCNC2. The molecule has 0 saturated carbocycles. The molecule has 21 heavy (non-hydrogen) atoms. The number of hydrogen-bond acceptors (Lipinski definition) is 4. The van der Waals surface area contributed by atoms with Crippen LogP contribution in [0.5, 0.6) is 0 Å². The summed E-state index contributed by atoms with van der Waals surface area (Å²) in [4.78, 5) is 13.4. The number of carbonyl (C=O) groups excluding carboxylic acids is 1. The second kappa shape index (κ2) is 5.86. The lowest BCUT2D eigenvalue weighted by atomic mass is 10.0. The monoisotopic (exact) mass is 317 g/mol. The van der Waals surface area contributed by atoms with Gasteiger partial charge in [-0.3, -0.25) is 4.79 Å². The molecule has 1 aromatic heterocycles. The number of anilines is 1. The van der Waals surface area contributed by atoms with Gasteiger partial charge in [0, 0.05) is 11.4 Å². The molecule has 2 aromatic rings. The molecular weight excluding hydrogens is 306 g/mol. The van der Waals surface area contributed by atoms with E-state index in [1.165, 1.54) is 11.3 Å². The third-order valence-corrected chi connectivity index (χ3v) is 4.86. The average molecular weight is 318 g/mol. The van der Waals surface area contributed by atoms with Crippen LogP contribution in [0.1, 0.15) is 26.4 Å². The molecule has 1 amide bonds. The molecule has 2 N–H and O–H groups in total. The second-order valence-corrected chi connectivity index (χ2v) is 6.19. The molecule has 1 aliphatic heterocycles. The maximum atomic E-state index is 12.3. The summed E-state index contributed by atoms with van der Waals surface area (Å²) >= 11 is 7.48. The zero-order valence-electron chi connectivity index (χ0n) is 11.1. The Morgan fingerprint density at radius 3 is 3.00 bits per heavy atom. The molecule has 106 valence electrons. The van der Waals surface area contributed by atoms with Gasteiger partial charge in [0.25, 0.3) is 5.91 Å². The third kappa shape index (κ3) is 2.66. The Hall–Kier alpha value is -1.87. The summed E-state index contributed by atoms with van der Waals surface area (Å²) in [6.45, 7) is 1.60. The normalized spacial score (nSPS) is 13.3. The highest BCUT2D eigenvalue weighted by Gasteiger charge is 2.22. The molecule has 0 unspecified atom stereocenters. The lowest BCUT2D eigenvalue weighted by Gasteiger charge is -2.11. The van der Waals surface area contributed by atoms with Gasteiger partial charge in [0.2, 0.25) is 0 Å². The number of benzene rings is 1. The zero-order chi connectivity index (χ0) is 14.8. The molecule has 6 heteroatoms. The Labute approximate surface area is 131 Å². The molecule has 1 aliphatic rings. The molecule has 0 spiro atoms. The van der Waals surface area contributed by atoms with E-state index < -0.39 is 0 Å². The van der Waals surface area contributed by atoms with Crippen molar-refractivity contribution in [3.63, 3.8) is 0 Å². The fourth-order valence-electron chi connectivity index (χ4n) is 2.36. The van der Waals surface area contributed by atoms with E-state index in [1.54, 1.807) is 24.3 Å². The molecule has 0 radical (unpaired) electrons. The van der Waals surface area contributed by atoms with Gasteiger partial charge < -0.3 is 10.6 Å². The number of nitriles is 1. The molecule has 4 nitrogen and oxygen atoms in total. The lowest BCUT2D eigenvalue weighted by Crippen LogP contribution is -2.22. The van der Waals surface area contributed by atoms with Crippen LogP contribution in [0.2, 0.25) is 5.02 Å². The van der Waals surface area contributed by atoms with Crippen molar-refractivity contribution in [1.29, 1.82) is 5.26 Å². The van der Waals surface area contributed by atoms with Crippen LogP contribution >= 0.6 is 22.9 Å². The molecule has 1 aromatic carbocycles. The summed E-state index contributed by atoms with van der Waals surface area (Å²) in [5.74, 6) is -0.288. The van der Waals surface area contributed by atoms with Crippen LogP contribution in [0.25, 0.3) is 0 Å². The van der Waals surface area contributed by atoms with E-state index >= 15 is 0 Å². The largest absolute Gasteiger partial charge is 0.312 e. The quantitative estimate of drug-likeness (QED) is 0.894. The number of carbonyl (C=O) groups is 1. The standard InChI is InChI=1S/C15H12ClN3OS/c16-12-4-2-1-3-10(12)14(20)19-15-11(7-17)9-5-6-18-8-13(9)21-15/h1-4,18H,5-6,8H2,(H,19,20). The van der Waals surface area contributed by atoms with Crippen molar-refractivity contribution in [2.24, 2.45) is 0 Å². The van der Waals surface area contributed by atoms with Crippen LogP contribution in [-0.2, 0) is 13.0 Å². The van der Waals surface area contributed by atoms with Crippen LogP contribution in [-0.4, -0.2) is 12.5 Å². The van der Waals surface area contributed by atoms with Gasteiger partial charge in [-0.25, -0.2) is 0 Å². The molecule has 0 fully saturated rings. The highest BCUT2D eigenvalue weighted by Crippen LogP contribution is 2.35. The molecule has 0 bridgehead atoms. The topological polar surface area (TPSA) is 64.9 Å². The van der Waals surface area contributed by atoms with Crippen molar-refractivity contribution in [1.82, 2.24) is 5.32 Å². The predicted molar refractivity (Wildman–Crippen MR) is 83.8 cm³/mol. The molecule has 0 aliphatic carbocycles. The van der Waals surface area contributed by atoms with Crippen molar-refractivity contribution in [2.45, 2.75) is 13.0 Å². The van der Waals surface area contributed by atoms with Gasteiger partial charge in [-0.15, -0.1) is 11.3 Å². The third-order valence-electron chi connectivity index (χ3n) is 3.39. The summed E-state index contributed by atoms with van der Waals surface area (Å²) in [6.07, 6.45) is 0.816. The second-order valence-electron chi connectivity index (χ2n) is 4.68.